The van der Waals surface area contributed by atoms with E-state index in [4.69, 9.17) is 10.6 Å². The molecule has 0 fully saturated rings. The predicted molar refractivity (Wildman–Crippen MR) is 79.9 cm³/mol. The molecule has 2 aromatic heterocycles. The standard InChI is InChI=1S/C13H15N7O/c1-21-7-8-3-2-4-9(5-8)16-11-10-6-15-20-12(10)18-13(17-11)19-14/h2-6H,7,14H2,1H3,(H3,15,16,17,18,19,20). The molecule has 0 unspecified atom stereocenters. The minimum absolute atomic E-state index is 0.308. The van der Waals surface area contributed by atoms with Crippen molar-refractivity contribution in [2.75, 3.05) is 17.9 Å². The summed E-state index contributed by atoms with van der Waals surface area (Å²) in [4.78, 5) is 8.49. The number of aromatic amines is 1. The lowest BCUT2D eigenvalue weighted by molar-refractivity contribution is 0.185. The maximum Gasteiger partial charge on any atom is 0.241 e. The molecule has 0 saturated heterocycles. The van der Waals surface area contributed by atoms with Crippen molar-refractivity contribution in [2.24, 2.45) is 5.84 Å². The van der Waals surface area contributed by atoms with Gasteiger partial charge < -0.3 is 10.1 Å². The quantitative estimate of drug-likeness (QED) is 0.415. The number of ether oxygens (including phenoxy) is 1. The van der Waals surface area contributed by atoms with Gasteiger partial charge in [-0.25, -0.2) is 5.84 Å². The largest absolute Gasteiger partial charge is 0.380 e. The minimum Gasteiger partial charge on any atom is -0.380 e. The molecule has 0 spiro atoms. The topological polar surface area (TPSA) is 114 Å². The van der Waals surface area contributed by atoms with Crippen molar-refractivity contribution in [1.29, 1.82) is 0 Å². The molecule has 8 nitrogen and oxygen atoms in total. The van der Waals surface area contributed by atoms with E-state index >= 15 is 0 Å². The van der Waals surface area contributed by atoms with Gasteiger partial charge in [-0.3, -0.25) is 10.5 Å². The Morgan fingerprint density at radius 2 is 2.24 bits per heavy atom. The fraction of sp³-hybridized carbons (Fsp3) is 0.154. The van der Waals surface area contributed by atoms with Crippen LogP contribution in [0, 0.1) is 0 Å². The van der Waals surface area contributed by atoms with E-state index in [0.717, 1.165) is 16.6 Å². The van der Waals surface area contributed by atoms with Gasteiger partial charge in [0.2, 0.25) is 5.95 Å². The Bertz CT molecular complexity index is 755. The first kappa shape index (κ1) is 13.3. The van der Waals surface area contributed by atoms with Gasteiger partial charge in [-0.1, -0.05) is 12.1 Å². The summed E-state index contributed by atoms with van der Waals surface area (Å²) in [6.07, 6.45) is 1.66. The van der Waals surface area contributed by atoms with E-state index in [9.17, 15) is 0 Å². The highest BCUT2D eigenvalue weighted by molar-refractivity contribution is 5.89. The number of nitrogens with two attached hydrogens (primary N) is 1. The Morgan fingerprint density at radius 3 is 3.05 bits per heavy atom. The smallest absolute Gasteiger partial charge is 0.241 e. The lowest BCUT2D eigenvalue weighted by Gasteiger charge is -2.09. The van der Waals surface area contributed by atoms with Crippen molar-refractivity contribution in [3.8, 4) is 0 Å². The zero-order valence-electron chi connectivity index (χ0n) is 11.4. The molecule has 2 heterocycles. The lowest BCUT2D eigenvalue weighted by Crippen LogP contribution is -2.11. The number of hydrogen-bond acceptors (Lipinski definition) is 7. The Hall–Kier alpha value is -2.71. The van der Waals surface area contributed by atoms with Gasteiger partial charge in [0.25, 0.3) is 0 Å². The molecule has 5 N–H and O–H groups in total. The second-order valence-corrected chi connectivity index (χ2v) is 4.43. The first-order valence-electron chi connectivity index (χ1n) is 6.33. The Kier molecular flexibility index (Phi) is 3.63. The van der Waals surface area contributed by atoms with Gasteiger partial charge in [0.05, 0.1) is 18.2 Å². The van der Waals surface area contributed by atoms with Crippen molar-refractivity contribution in [3.05, 3.63) is 36.0 Å². The van der Waals surface area contributed by atoms with E-state index in [2.05, 4.69) is 30.9 Å². The van der Waals surface area contributed by atoms with Crippen LogP contribution in [0.5, 0.6) is 0 Å². The molecule has 0 amide bonds. The zero-order valence-corrected chi connectivity index (χ0v) is 11.4. The average molecular weight is 285 g/mol. The molecular weight excluding hydrogens is 270 g/mol. The molecule has 108 valence electrons. The third-order valence-corrected chi connectivity index (χ3v) is 2.94. The van der Waals surface area contributed by atoms with Crippen molar-refractivity contribution >= 4 is 28.5 Å². The number of nitrogens with zero attached hydrogens (tertiary/aromatic N) is 3. The van der Waals surface area contributed by atoms with Crippen LogP contribution in [0.3, 0.4) is 0 Å². The molecule has 3 aromatic rings. The zero-order chi connectivity index (χ0) is 14.7. The fourth-order valence-corrected chi connectivity index (χ4v) is 2.04. The maximum atomic E-state index is 5.38. The van der Waals surface area contributed by atoms with Gasteiger partial charge in [-0.05, 0) is 17.7 Å². The number of aromatic nitrogens is 4. The van der Waals surface area contributed by atoms with Crippen LogP contribution < -0.4 is 16.6 Å². The van der Waals surface area contributed by atoms with E-state index in [-0.39, 0.29) is 0 Å². The number of anilines is 3. The Morgan fingerprint density at radius 1 is 1.33 bits per heavy atom. The maximum absolute atomic E-state index is 5.38. The fourth-order valence-electron chi connectivity index (χ4n) is 2.04. The SMILES string of the molecule is COCc1cccc(Nc2nc(NN)nc3[nH]ncc23)c1. The van der Waals surface area contributed by atoms with Crippen LogP contribution in [0.15, 0.2) is 30.5 Å². The van der Waals surface area contributed by atoms with Crippen LogP contribution in [0.2, 0.25) is 0 Å². The molecule has 0 aliphatic rings. The molecule has 0 radical (unpaired) electrons. The molecular formula is C13H15N7O. The minimum atomic E-state index is 0.308. The van der Waals surface area contributed by atoms with E-state index in [1.807, 2.05) is 24.3 Å². The number of benzene rings is 1. The summed E-state index contributed by atoms with van der Waals surface area (Å²) in [6, 6.07) is 7.89. The van der Waals surface area contributed by atoms with Crippen molar-refractivity contribution in [1.82, 2.24) is 20.2 Å². The van der Waals surface area contributed by atoms with Crippen LogP contribution >= 0.6 is 0 Å². The average Bonchev–Trinajstić information content (AvgIpc) is 2.96. The van der Waals surface area contributed by atoms with E-state index < -0.39 is 0 Å². The number of nitrogen functional groups attached to an aromatic ring is 1. The highest BCUT2D eigenvalue weighted by atomic mass is 16.5. The third-order valence-electron chi connectivity index (χ3n) is 2.94. The van der Waals surface area contributed by atoms with Gasteiger partial charge in [-0.15, -0.1) is 0 Å². The number of hydrogen-bond donors (Lipinski definition) is 4. The number of nitrogens with one attached hydrogen (secondary N) is 3. The third kappa shape index (κ3) is 2.76. The Balaban J connectivity index is 1.97. The molecule has 0 aliphatic carbocycles. The van der Waals surface area contributed by atoms with Gasteiger partial charge in [0.15, 0.2) is 5.65 Å². The summed E-state index contributed by atoms with van der Waals surface area (Å²) >= 11 is 0. The summed E-state index contributed by atoms with van der Waals surface area (Å²) in [5.74, 6) is 6.31. The van der Waals surface area contributed by atoms with Crippen LogP contribution in [0.25, 0.3) is 11.0 Å². The molecule has 0 bridgehead atoms. The number of rotatable bonds is 5. The predicted octanol–water partition coefficient (Wildman–Crippen LogP) is 1.53. The summed E-state index contributed by atoms with van der Waals surface area (Å²) in [5.41, 5.74) is 5.01. The molecule has 0 aliphatic heterocycles. The molecule has 0 atom stereocenters. The van der Waals surface area contributed by atoms with E-state index in [0.29, 0.717) is 24.0 Å². The first-order valence-corrected chi connectivity index (χ1v) is 6.33. The van der Waals surface area contributed by atoms with Crippen molar-refractivity contribution in [2.45, 2.75) is 6.61 Å². The second-order valence-electron chi connectivity index (χ2n) is 4.43. The summed E-state index contributed by atoms with van der Waals surface area (Å²) in [5, 5.41) is 10.8. The summed E-state index contributed by atoms with van der Waals surface area (Å²) in [7, 11) is 1.67. The Labute approximate surface area is 120 Å². The second kappa shape index (κ2) is 5.73. The van der Waals surface area contributed by atoms with Gasteiger partial charge in [0, 0.05) is 12.8 Å². The molecule has 21 heavy (non-hydrogen) atoms. The van der Waals surface area contributed by atoms with Gasteiger partial charge in [-0.2, -0.15) is 15.1 Å². The molecule has 0 saturated carbocycles. The highest BCUT2D eigenvalue weighted by Crippen LogP contribution is 2.24. The molecule has 3 rings (SSSR count). The highest BCUT2D eigenvalue weighted by Gasteiger charge is 2.09. The molecule has 1 aromatic carbocycles. The first-order chi connectivity index (χ1) is 10.3. The number of H-pyrrole nitrogens is 1. The van der Waals surface area contributed by atoms with Crippen LogP contribution in [-0.2, 0) is 11.3 Å². The van der Waals surface area contributed by atoms with Crippen LogP contribution in [0.1, 0.15) is 5.56 Å². The van der Waals surface area contributed by atoms with Crippen molar-refractivity contribution in [3.63, 3.8) is 0 Å². The lowest BCUT2D eigenvalue weighted by atomic mass is 10.2. The van der Waals surface area contributed by atoms with Gasteiger partial charge >= 0.3 is 0 Å². The summed E-state index contributed by atoms with van der Waals surface area (Å²) < 4.78 is 5.13. The summed E-state index contributed by atoms with van der Waals surface area (Å²) in [6.45, 7) is 0.552. The van der Waals surface area contributed by atoms with Gasteiger partial charge in [0.1, 0.15) is 5.82 Å². The van der Waals surface area contributed by atoms with E-state index in [1.165, 1.54) is 0 Å². The number of hydrazine groups is 1. The molecule has 8 heteroatoms. The van der Waals surface area contributed by atoms with Crippen LogP contribution in [0.4, 0.5) is 17.5 Å². The number of methoxy groups -OCH3 is 1. The van der Waals surface area contributed by atoms with Crippen LogP contribution in [-0.4, -0.2) is 27.3 Å². The number of fused-ring (bicyclic) bond motifs is 1. The van der Waals surface area contributed by atoms with Crippen molar-refractivity contribution < 1.29 is 4.74 Å². The monoisotopic (exact) mass is 285 g/mol. The normalized spacial score (nSPS) is 10.8. The van der Waals surface area contributed by atoms with E-state index in [1.54, 1.807) is 13.3 Å².